The van der Waals surface area contributed by atoms with Crippen LogP contribution in [0.5, 0.6) is 0 Å². The largest absolute Gasteiger partial charge is 0.389 e. The van der Waals surface area contributed by atoms with E-state index in [2.05, 4.69) is 5.32 Å². The van der Waals surface area contributed by atoms with Crippen molar-refractivity contribution in [2.75, 3.05) is 0 Å². The fourth-order valence-corrected chi connectivity index (χ4v) is 2.78. The van der Waals surface area contributed by atoms with E-state index in [0.29, 0.717) is 0 Å². The number of aliphatic hydroxyl groups is 2. The second-order valence-electron chi connectivity index (χ2n) is 6.92. The summed E-state index contributed by atoms with van der Waals surface area (Å²) in [4.78, 5) is 10.6. The van der Waals surface area contributed by atoms with Gasteiger partial charge in [-0.3, -0.25) is 4.79 Å². The van der Waals surface area contributed by atoms with Crippen LogP contribution in [-0.2, 0) is 4.79 Å². The molecular formula is C16H29NO3. The van der Waals surface area contributed by atoms with Gasteiger partial charge in [0, 0.05) is 5.54 Å². The first-order valence-corrected chi connectivity index (χ1v) is 7.51. The zero-order chi connectivity index (χ0) is 15.4. The standard InChI is InChI=1S/C16H29NO3/c1-12(2)14(19)7-10-16(4,20)13-5-8-15(3,9-6-13)17-11-18/h7,10-14,19-20H,5-6,8-9H2,1-4H3,(H,17,18)/b10-7+/t13?,14-,15?,16?/m1/s1. The molecule has 1 saturated carbocycles. The van der Waals surface area contributed by atoms with E-state index < -0.39 is 11.7 Å². The Labute approximate surface area is 122 Å². The van der Waals surface area contributed by atoms with Gasteiger partial charge in [0.05, 0.1) is 11.7 Å². The number of hydrogen-bond acceptors (Lipinski definition) is 3. The van der Waals surface area contributed by atoms with Crippen molar-refractivity contribution in [1.82, 2.24) is 5.32 Å². The van der Waals surface area contributed by atoms with Gasteiger partial charge in [-0.1, -0.05) is 26.0 Å². The van der Waals surface area contributed by atoms with Crippen molar-refractivity contribution in [3.05, 3.63) is 12.2 Å². The van der Waals surface area contributed by atoms with Crippen molar-refractivity contribution < 1.29 is 15.0 Å². The number of hydrogen-bond donors (Lipinski definition) is 3. The van der Waals surface area contributed by atoms with Gasteiger partial charge in [0.25, 0.3) is 0 Å². The molecule has 4 nitrogen and oxygen atoms in total. The summed E-state index contributed by atoms with van der Waals surface area (Å²) in [6, 6.07) is 0. The molecule has 1 amide bonds. The van der Waals surface area contributed by atoms with Crippen molar-refractivity contribution >= 4 is 6.41 Å². The Bertz CT molecular complexity index is 342. The summed E-state index contributed by atoms with van der Waals surface area (Å²) in [5.74, 6) is 0.313. The SMILES string of the molecule is CC(C)[C@H](O)/C=C/C(C)(O)C1CCC(C)(NC=O)CC1. The smallest absolute Gasteiger partial charge is 0.207 e. The molecule has 1 rings (SSSR count). The number of rotatable bonds is 6. The minimum absolute atomic E-state index is 0.143. The summed E-state index contributed by atoms with van der Waals surface area (Å²) >= 11 is 0. The Hall–Kier alpha value is -0.870. The molecule has 20 heavy (non-hydrogen) atoms. The van der Waals surface area contributed by atoms with Gasteiger partial charge in [0.2, 0.25) is 6.41 Å². The summed E-state index contributed by atoms with van der Waals surface area (Å²) in [6.07, 6.45) is 7.14. The third-order valence-electron chi connectivity index (χ3n) is 4.64. The first-order chi connectivity index (χ1) is 9.20. The molecule has 0 aromatic rings. The first-order valence-electron chi connectivity index (χ1n) is 7.51. The second kappa shape index (κ2) is 6.72. The van der Waals surface area contributed by atoms with E-state index in [9.17, 15) is 15.0 Å². The monoisotopic (exact) mass is 283 g/mol. The van der Waals surface area contributed by atoms with Crippen LogP contribution in [0.2, 0.25) is 0 Å². The third-order valence-corrected chi connectivity index (χ3v) is 4.64. The van der Waals surface area contributed by atoms with Crippen LogP contribution in [0.3, 0.4) is 0 Å². The summed E-state index contributed by atoms with van der Waals surface area (Å²) in [5.41, 5.74) is -1.05. The van der Waals surface area contributed by atoms with Crippen LogP contribution in [0, 0.1) is 11.8 Å². The molecule has 0 spiro atoms. The normalized spacial score (nSPS) is 32.0. The minimum Gasteiger partial charge on any atom is -0.389 e. The van der Waals surface area contributed by atoms with Crippen molar-refractivity contribution in [3.63, 3.8) is 0 Å². The quantitative estimate of drug-likeness (QED) is 0.516. The summed E-state index contributed by atoms with van der Waals surface area (Å²) < 4.78 is 0. The molecule has 4 heteroatoms. The number of carbonyl (C=O) groups is 1. The fraction of sp³-hybridized carbons (Fsp3) is 0.812. The summed E-state index contributed by atoms with van der Waals surface area (Å²) in [6.45, 7) is 7.74. The maximum Gasteiger partial charge on any atom is 0.207 e. The lowest BCUT2D eigenvalue weighted by atomic mass is 9.71. The van der Waals surface area contributed by atoms with Gasteiger partial charge in [-0.15, -0.1) is 0 Å². The highest BCUT2D eigenvalue weighted by Gasteiger charge is 2.37. The van der Waals surface area contributed by atoms with E-state index in [4.69, 9.17) is 0 Å². The maximum atomic E-state index is 10.6. The van der Waals surface area contributed by atoms with Gasteiger partial charge in [-0.2, -0.15) is 0 Å². The van der Waals surface area contributed by atoms with E-state index in [0.717, 1.165) is 32.1 Å². The van der Waals surface area contributed by atoms with Crippen LogP contribution < -0.4 is 5.32 Å². The molecule has 0 aromatic heterocycles. The van der Waals surface area contributed by atoms with Gasteiger partial charge in [0.1, 0.15) is 0 Å². The summed E-state index contributed by atoms with van der Waals surface area (Å²) in [5, 5.41) is 23.3. The fourth-order valence-electron chi connectivity index (χ4n) is 2.78. The Morgan fingerprint density at radius 2 is 1.90 bits per heavy atom. The molecule has 0 saturated heterocycles. The van der Waals surface area contributed by atoms with E-state index in [1.165, 1.54) is 0 Å². The molecule has 1 fully saturated rings. The molecule has 1 aliphatic rings. The highest BCUT2D eigenvalue weighted by atomic mass is 16.3. The van der Waals surface area contributed by atoms with Crippen LogP contribution in [-0.4, -0.2) is 33.9 Å². The molecule has 0 aromatic carbocycles. The molecule has 2 atom stereocenters. The average molecular weight is 283 g/mol. The van der Waals surface area contributed by atoms with Gasteiger partial charge >= 0.3 is 0 Å². The minimum atomic E-state index is -0.904. The summed E-state index contributed by atoms with van der Waals surface area (Å²) in [7, 11) is 0. The lowest BCUT2D eigenvalue weighted by Crippen LogP contribution is -2.47. The van der Waals surface area contributed by atoms with Gasteiger partial charge in [0.15, 0.2) is 0 Å². The molecule has 0 aliphatic heterocycles. The van der Waals surface area contributed by atoms with E-state index in [-0.39, 0.29) is 17.4 Å². The van der Waals surface area contributed by atoms with Crippen molar-refractivity contribution in [2.24, 2.45) is 11.8 Å². The Morgan fingerprint density at radius 1 is 1.35 bits per heavy atom. The molecule has 116 valence electrons. The van der Waals surface area contributed by atoms with E-state index >= 15 is 0 Å². The predicted molar refractivity (Wildman–Crippen MR) is 80.2 cm³/mol. The Balaban J connectivity index is 2.60. The zero-order valence-electron chi connectivity index (χ0n) is 13.1. The number of carbonyl (C=O) groups excluding carboxylic acids is 1. The molecule has 0 bridgehead atoms. The van der Waals surface area contributed by atoms with E-state index in [1.807, 2.05) is 20.8 Å². The lowest BCUT2D eigenvalue weighted by Gasteiger charge is -2.41. The van der Waals surface area contributed by atoms with Crippen molar-refractivity contribution in [2.45, 2.75) is 70.6 Å². The number of amides is 1. The molecule has 1 unspecified atom stereocenters. The van der Waals surface area contributed by atoms with Gasteiger partial charge in [-0.05, 0) is 51.4 Å². The second-order valence-corrected chi connectivity index (χ2v) is 6.92. The number of nitrogens with one attached hydrogen (secondary N) is 1. The Morgan fingerprint density at radius 3 is 2.35 bits per heavy atom. The highest BCUT2D eigenvalue weighted by molar-refractivity contribution is 5.47. The van der Waals surface area contributed by atoms with Crippen LogP contribution in [0.25, 0.3) is 0 Å². The van der Waals surface area contributed by atoms with Crippen LogP contribution in [0.15, 0.2) is 12.2 Å². The zero-order valence-corrected chi connectivity index (χ0v) is 13.1. The highest BCUT2D eigenvalue weighted by Crippen LogP contribution is 2.38. The average Bonchev–Trinajstić information content (AvgIpc) is 2.36. The third kappa shape index (κ3) is 4.60. The first kappa shape index (κ1) is 17.2. The molecule has 1 aliphatic carbocycles. The predicted octanol–water partition coefficient (Wildman–Crippen LogP) is 2.01. The van der Waals surface area contributed by atoms with Crippen LogP contribution >= 0.6 is 0 Å². The number of aliphatic hydroxyl groups excluding tert-OH is 1. The molecule has 0 radical (unpaired) electrons. The van der Waals surface area contributed by atoms with Crippen LogP contribution in [0.4, 0.5) is 0 Å². The maximum absolute atomic E-state index is 10.6. The van der Waals surface area contributed by atoms with Crippen molar-refractivity contribution in [3.8, 4) is 0 Å². The Kier molecular flexibility index (Phi) is 5.78. The van der Waals surface area contributed by atoms with Gasteiger partial charge < -0.3 is 15.5 Å². The lowest BCUT2D eigenvalue weighted by molar-refractivity contribution is -0.111. The van der Waals surface area contributed by atoms with E-state index in [1.54, 1.807) is 19.1 Å². The van der Waals surface area contributed by atoms with Crippen LogP contribution in [0.1, 0.15) is 53.4 Å². The van der Waals surface area contributed by atoms with Gasteiger partial charge in [-0.25, -0.2) is 0 Å². The molecule has 3 N–H and O–H groups in total. The van der Waals surface area contributed by atoms with Crippen molar-refractivity contribution in [1.29, 1.82) is 0 Å². The molecule has 0 heterocycles. The topological polar surface area (TPSA) is 69.6 Å². The molecular weight excluding hydrogens is 254 g/mol.